The number of aromatic nitrogens is 1. The van der Waals surface area contributed by atoms with Crippen LogP contribution in [0.1, 0.15) is 5.56 Å². The third-order valence-corrected chi connectivity index (χ3v) is 2.96. The van der Waals surface area contributed by atoms with Gasteiger partial charge in [-0.05, 0) is 23.8 Å². The van der Waals surface area contributed by atoms with E-state index in [0.29, 0.717) is 6.54 Å². The molecular formula is C15H19N3O2. The molecule has 20 heavy (non-hydrogen) atoms. The van der Waals surface area contributed by atoms with Gasteiger partial charge in [0.2, 0.25) is 0 Å². The van der Waals surface area contributed by atoms with Crippen LogP contribution in [-0.2, 0) is 6.54 Å². The standard InChI is InChI=1S/C15H19N3O2/c1-16-15-9-12(6-7-17-15)18-10-11-4-5-13(19-2)14(8-11)20-3/h4-9H,10H2,1-3H3,(H2,16,17,18). The minimum atomic E-state index is 0.702. The Bertz CT molecular complexity index is 573. The molecule has 0 bridgehead atoms. The molecule has 0 saturated carbocycles. The Morgan fingerprint density at radius 3 is 2.55 bits per heavy atom. The molecule has 0 aliphatic carbocycles. The maximum absolute atomic E-state index is 5.29. The maximum atomic E-state index is 5.29. The molecule has 0 spiro atoms. The van der Waals surface area contributed by atoms with E-state index in [1.54, 1.807) is 20.4 Å². The van der Waals surface area contributed by atoms with Crippen molar-refractivity contribution in [1.29, 1.82) is 0 Å². The molecule has 2 aromatic rings. The van der Waals surface area contributed by atoms with Gasteiger partial charge in [0, 0.05) is 31.5 Å². The van der Waals surface area contributed by atoms with E-state index in [1.807, 2.05) is 37.4 Å². The number of pyridine rings is 1. The van der Waals surface area contributed by atoms with Gasteiger partial charge in [-0.2, -0.15) is 0 Å². The minimum absolute atomic E-state index is 0.702. The summed E-state index contributed by atoms with van der Waals surface area (Å²) in [5, 5.41) is 6.36. The average Bonchev–Trinajstić information content (AvgIpc) is 2.52. The summed E-state index contributed by atoms with van der Waals surface area (Å²) in [5.41, 5.74) is 2.13. The van der Waals surface area contributed by atoms with Gasteiger partial charge in [-0.25, -0.2) is 4.98 Å². The van der Waals surface area contributed by atoms with E-state index >= 15 is 0 Å². The SMILES string of the molecule is CNc1cc(NCc2ccc(OC)c(OC)c2)ccn1. The predicted octanol–water partition coefficient (Wildman–Crippen LogP) is 2.75. The number of nitrogens with one attached hydrogen (secondary N) is 2. The summed E-state index contributed by atoms with van der Waals surface area (Å²) in [5.74, 6) is 2.30. The van der Waals surface area contributed by atoms with Gasteiger partial charge in [-0.3, -0.25) is 0 Å². The Kier molecular flexibility index (Phi) is 4.65. The normalized spacial score (nSPS) is 9.95. The van der Waals surface area contributed by atoms with Crippen molar-refractivity contribution >= 4 is 11.5 Å². The third-order valence-electron chi connectivity index (χ3n) is 2.96. The van der Waals surface area contributed by atoms with Gasteiger partial charge in [-0.15, -0.1) is 0 Å². The summed E-state index contributed by atoms with van der Waals surface area (Å²) in [7, 11) is 5.11. The Hall–Kier alpha value is -2.43. The molecule has 2 rings (SSSR count). The smallest absolute Gasteiger partial charge is 0.161 e. The molecule has 5 nitrogen and oxygen atoms in total. The van der Waals surface area contributed by atoms with Gasteiger partial charge in [0.1, 0.15) is 5.82 Å². The Morgan fingerprint density at radius 1 is 1.05 bits per heavy atom. The monoisotopic (exact) mass is 273 g/mol. The second kappa shape index (κ2) is 6.65. The molecule has 1 heterocycles. The first kappa shape index (κ1) is 14.0. The quantitative estimate of drug-likeness (QED) is 0.847. The summed E-state index contributed by atoms with van der Waals surface area (Å²) >= 11 is 0. The number of methoxy groups -OCH3 is 2. The van der Waals surface area contributed by atoms with Crippen molar-refractivity contribution in [2.24, 2.45) is 0 Å². The zero-order chi connectivity index (χ0) is 14.4. The van der Waals surface area contributed by atoms with Crippen LogP contribution in [0.25, 0.3) is 0 Å². The van der Waals surface area contributed by atoms with Gasteiger partial charge < -0.3 is 20.1 Å². The van der Waals surface area contributed by atoms with Gasteiger partial charge in [0.05, 0.1) is 14.2 Å². The number of hydrogen-bond acceptors (Lipinski definition) is 5. The van der Waals surface area contributed by atoms with Crippen molar-refractivity contribution < 1.29 is 9.47 Å². The van der Waals surface area contributed by atoms with Crippen molar-refractivity contribution in [3.05, 3.63) is 42.1 Å². The van der Waals surface area contributed by atoms with Crippen molar-refractivity contribution in [3.63, 3.8) is 0 Å². The highest BCUT2D eigenvalue weighted by Gasteiger charge is 2.04. The maximum Gasteiger partial charge on any atom is 0.161 e. The first-order valence-electron chi connectivity index (χ1n) is 6.35. The van der Waals surface area contributed by atoms with Crippen LogP contribution in [-0.4, -0.2) is 26.3 Å². The second-order valence-electron chi connectivity index (χ2n) is 4.22. The van der Waals surface area contributed by atoms with Crippen molar-refractivity contribution in [2.45, 2.75) is 6.54 Å². The molecule has 5 heteroatoms. The lowest BCUT2D eigenvalue weighted by atomic mass is 10.2. The molecule has 0 amide bonds. The molecule has 0 unspecified atom stereocenters. The van der Waals surface area contributed by atoms with Gasteiger partial charge >= 0.3 is 0 Å². The van der Waals surface area contributed by atoms with E-state index in [4.69, 9.17) is 9.47 Å². The molecule has 1 aromatic carbocycles. The Morgan fingerprint density at radius 2 is 1.85 bits per heavy atom. The van der Waals surface area contributed by atoms with Crippen molar-refractivity contribution in [3.8, 4) is 11.5 Å². The fourth-order valence-corrected chi connectivity index (χ4v) is 1.87. The Balaban J connectivity index is 2.06. The third kappa shape index (κ3) is 3.32. The number of benzene rings is 1. The molecule has 0 radical (unpaired) electrons. The molecule has 2 N–H and O–H groups in total. The molecule has 1 aromatic heterocycles. The lowest BCUT2D eigenvalue weighted by Gasteiger charge is -2.11. The van der Waals surface area contributed by atoms with Crippen LogP contribution < -0.4 is 20.1 Å². The first-order chi connectivity index (χ1) is 9.76. The number of hydrogen-bond donors (Lipinski definition) is 2. The largest absolute Gasteiger partial charge is 0.493 e. The van der Waals surface area contributed by atoms with E-state index < -0.39 is 0 Å². The molecule has 0 aliphatic rings. The molecular weight excluding hydrogens is 254 g/mol. The lowest BCUT2D eigenvalue weighted by Crippen LogP contribution is -2.01. The number of rotatable bonds is 6. The van der Waals surface area contributed by atoms with Crippen LogP contribution in [0, 0.1) is 0 Å². The summed E-state index contributed by atoms with van der Waals surface area (Å²) in [6.07, 6.45) is 1.77. The van der Waals surface area contributed by atoms with Gasteiger partial charge in [-0.1, -0.05) is 6.07 Å². The lowest BCUT2D eigenvalue weighted by molar-refractivity contribution is 0.354. The van der Waals surface area contributed by atoms with E-state index in [-0.39, 0.29) is 0 Å². The van der Waals surface area contributed by atoms with E-state index in [2.05, 4.69) is 15.6 Å². The van der Waals surface area contributed by atoms with Crippen LogP contribution in [0.15, 0.2) is 36.5 Å². The van der Waals surface area contributed by atoms with Crippen LogP contribution in [0.4, 0.5) is 11.5 Å². The summed E-state index contributed by atoms with van der Waals surface area (Å²) < 4.78 is 10.5. The van der Waals surface area contributed by atoms with Crippen LogP contribution in [0.5, 0.6) is 11.5 Å². The fourth-order valence-electron chi connectivity index (χ4n) is 1.87. The predicted molar refractivity (Wildman–Crippen MR) is 80.7 cm³/mol. The topological polar surface area (TPSA) is 55.4 Å². The molecule has 0 atom stereocenters. The number of ether oxygens (including phenoxy) is 2. The second-order valence-corrected chi connectivity index (χ2v) is 4.22. The van der Waals surface area contributed by atoms with Crippen LogP contribution in [0.3, 0.4) is 0 Å². The van der Waals surface area contributed by atoms with Crippen LogP contribution >= 0.6 is 0 Å². The van der Waals surface area contributed by atoms with E-state index in [1.165, 1.54) is 0 Å². The zero-order valence-electron chi connectivity index (χ0n) is 11.9. The minimum Gasteiger partial charge on any atom is -0.493 e. The van der Waals surface area contributed by atoms with Crippen molar-refractivity contribution in [2.75, 3.05) is 31.9 Å². The number of nitrogens with zero attached hydrogens (tertiary/aromatic N) is 1. The molecule has 0 saturated heterocycles. The van der Waals surface area contributed by atoms with Crippen molar-refractivity contribution in [1.82, 2.24) is 4.98 Å². The highest BCUT2D eigenvalue weighted by atomic mass is 16.5. The van der Waals surface area contributed by atoms with Gasteiger partial charge in [0.25, 0.3) is 0 Å². The average molecular weight is 273 g/mol. The van der Waals surface area contributed by atoms with E-state index in [9.17, 15) is 0 Å². The molecule has 106 valence electrons. The summed E-state index contributed by atoms with van der Waals surface area (Å²) in [6, 6.07) is 9.77. The Labute approximate surface area is 118 Å². The van der Waals surface area contributed by atoms with Crippen LogP contribution in [0.2, 0.25) is 0 Å². The highest BCUT2D eigenvalue weighted by molar-refractivity contribution is 5.52. The summed E-state index contributed by atoms with van der Waals surface area (Å²) in [4.78, 5) is 4.18. The molecule has 0 aliphatic heterocycles. The highest BCUT2D eigenvalue weighted by Crippen LogP contribution is 2.27. The number of anilines is 2. The van der Waals surface area contributed by atoms with Gasteiger partial charge in [0.15, 0.2) is 11.5 Å². The van der Waals surface area contributed by atoms with E-state index in [0.717, 1.165) is 28.6 Å². The zero-order valence-corrected chi connectivity index (χ0v) is 11.9. The summed E-state index contributed by atoms with van der Waals surface area (Å²) in [6.45, 7) is 0.702. The fraction of sp³-hybridized carbons (Fsp3) is 0.267. The first-order valence-corrected chi connectivity index (χ1v) is 6.35. The molecule has 0 fully saturated rings.